The van der Waals surface area contributed by atoms with Gasteiger partial charge < -0.3 is 20.2 Å². The van der Waals surface area contributed by atoms with Crippen molar-refractivity contribution in [2.24, 2.45) is 0 Å². The average molecular weight is 312 g/mol. The smallest absolute Gasteiger partial charge is 0.321 e. The van der Waals surface area contributed by atoms with Gasteiger partial charge in [0.05, 0.1) is 5.60 Å². The standard InChI is InChI=1S/C15H22ClN3O2/c1-18(2)11-15(21)6-8-19(9-7-15)14(20)17-13-5-3-4-12(16)10-13/h3-5,10,21H,6-9,11H2,1-2H3,(H,17,20). The fraction of sp³-hybridized carbons (Fsp3) is 0.533. The van der Waals surface area contributed by atoms with Gasteiger partial charge in [-0.2, -0.15) is 0 Å². The zero-order chi connectivity index (χ0) is 15.5. The van der Waals surface area contributed by atoms with Gasteiger partial charge in [0, 0.05) is 30.3 Å². The van der Waals surface area contributed by atoms with Crippen LogP contribution in [0.5, 0.6) is 0 Å². The van der Waals surface area contributed by atoms with Gasteiger partial charge in [-0.15, -0.1) is 0 Å². The van der Waals surface area contributed by atoms with Crippen molar-refractivity contribution in [3.8, 4) is 0 Å². The number of hydrogen-bond donors (Lipinski definition) is 2. The third-order valence-corrected chi connectivity index (χ3v) is 3.90. The lowest BCUT2D eigenvalue weighted by Crippen LogP contribution is -2.51. The van der Waals surface area contributed by atoms with E-state index >= 15 is 0 Å². The number of nitrogens with one attached hydrogen (secondary N) is 1. The first kappa shape index (κ1) is 16.1. The number of likely N-dealkylation sites (tertiary alicyclic amines) is 1. The third kappa shape index (κ3) is 4.59. The van der Waals surface area contributed by atoms with Gasteiger partial charge in [0.25, 0.3) is 0 Å². The number of rotatable bonds is 3. The second-order valence-electron chi connectivity index (χ2n) is 5.89. The van der Waals surface area contributed by atoms with E-state index in [0.29, 0.717) is 43.2 Å². The lowest BCUT2D eigenvalue weighted by atomic mass is 9.91. The van der Waals surface area contributed by atoms with Gasteiger partial charge in [-0.25, -0.2) is 4.79 Å². The number of amides is 2. The molecule has 1 heterocycles. The van der Waals surface area contributed by atoms with Gasteiger partial charge in [0.2, 0.25) is 0 Å². The Morgan fingerprint density at radius 2 is 2.10 bits per heavy atom. The molecular formula is C15H22ClN3O2. The molecule has 116 valence electrons. The topological polar surface area (TPSA) is 55.8 Å². The van der Waals surface area contributed by atoms with Crippen molar-refractivity contribution in [1.82, 2.24) is 9.80 Å². The van der Waals surface area contributed by atoms with E-state index in [2.05, 4.69) is 5.32 Å². The van der Waals surface area contributed by atoms with Gasteiger partial charge in [-0.1, -0.05) is 17.7 Å². The van der Waals surface area contributed by atoms with E-state index in [0.717, 1.165) is 0 Å². The number of carbonyl (C=O) groups excluding carboxylic acids is 1. The van der Waals surface area contributed by atoms with Gasteiger partial charge in [-0.05, 0) is 45.1 Å². The van der Waals surface area contributed by atoms with Gasteiger partial charge in [0.15, 0.2) is 0 Å². The fourth-order valence-corrected chi connectivity index (χ4v) is 2.83. The van der Waals surface area contributed by atoms with Crippen molar-refractivity contribution in [2.45, 2.75) is 18.4 Å². The van der Waals surface area contributed by atoms with Gasteiger partial charge in [-0.3, -0.25) is 0 Å². The van der Waals surface area contributed by atoms with Crippen molar-refractivity contribution in [2.75, 3.05) is 39.0 Å². The van der Waals surface area contributed by atoms with Crippen LogP contribution in [0.1, 0.15) is 12.8 Å². The van der Waals surface area contributed by atoms with E-state index in [9.17, 15) is 9.90 Å². The summed E-state index contributed by atoms with van der Waals surface area (Å²) in [4.78, 5) is 15.9. The molecule has 1 aliphatic rings. The average Bonchev–Trinajstić information content (AvgIpc) is 2.38. The van der Waals surface area contributed by atoms with Crippen molar-refractivity contribution in [3.05, 3.63) is 29.3 Å². The Bertz CT molecular complexity index is 499. The zero-order valence-corrected chi connectivity index (χ0v) is 13.2. The molecule has 0 radical (unpaired) electrons. The maximum Gasteiger partial charge on any atom is 0.321 e. The molecule has 0 unspecified atom stereocenters. The Morgan fingerprint density at radius 3 is 2.67 bits per heavy atom. The first-order chi connectivity index (χ1) is 9.88. The molecule has 21 heavy (non-hydrogen) atoms. The first-order valence-electron chi connectivity index (χ1n) is 7.07. The summed E-state index contributed by atoms with van der Waals surface area (Å²) in [6, 6.07) is 6.93. The summed E-state index contributed by atoms with van der Waals surface area (Å²) in [5, 5.41) is 13.9. The SMILES string of the molecule is CN(C)CC1(O)CCN(C(=O)Nc2cccc(Cl)c2)CC1. The van der Waals surface area contributed by atoms with E-state index in [1.807, 2.05) is 19.0 Å². The number of halogens is 1. The fourth-order valence-electron chi connectivity index (χ4n) is 2.64. The van der Waals surface area contributed by atoms with Crippen LogP contribution < -0.4 is 5.32 Å². The number of likely N-dealkylation sites (N-methyl/N-ethyl adjacent to an activating group) is 1. The van der Waals surface area contributed by atoms with E-state index in [1.165, 1.54) is 0 Å². The predicted molar refractivity (Wildman–Crippen MR) is 84.8 cm³/mol. The second kappa shape index (κ2) is 6.64. The highest BCUT2D eigenvalue weighted by Crippen LogP contribution is 2.23. The van der Waals surface area contributed by atoms with E-state index < -0.39 is 5.60 Å². The molecule has 1 saturated heterocycles. The molecule has 2 N–H and O–H groups in total. The molecule has 0 aromatic heterocycles. The molecule has 2 amide bonds. The van der Waals surface area contributed by atoms with Crippen LogP contribution in [0.4, 0.5) is 10.5 Å². The molecule has 0 atom stereocenters. The van der Waals surface area contributed by atoms with Crippen LogP contribution in [0, 0.1) is 0 Å². The quantitative estimate of drug-likeness (QED) is 0.900. The Kier molecular flexibility index (Phi) is 5.08. The van der Waals surface area contributed by atoms with Crippen LogP contribution in [-0.2, 0) is 0 Å². The molecule has 1 aromatic carbocycles. The van der Waals surface area contributed by atoms with Crippen LogP contribution >= 0.6 is 11.6 Å². The molecule has 0 bridgehead atoms. The highest BCUT2D eigenvalue weighted by Gasteiger charge is 2.34. The minimum absolute atomic E-state index is 0.149. The van der Waals surface area contributed by atoms with Crippen LogP contribution in [0.3, 0.4) is 0 Å². The molecule has 5 nitrogen and oxygen atoms in total. The Labute approximate surface area is 130 Å². The van der Waals surface area contributed by atoms with E-state index in [-0.39, 0.29) is 6.03 Å². The number of piperidine rings is 1. The number of anilines is 1. The Balaban J connectivity index is 1.88. The lowest BCUT2D eigenvalue weighted by Gasteiger charge is -2.39. The number of urea groups is 1. The van der Waals surface area contributed by atoms with Crippen LogP contribution in [0.25, 0.3) is 0 Å². The van der Waals surface area contributed by atoms with Crippen LogP contribution in [0.15, 0.2) is 24.3 Å². The van der Waals surface area contributed by atoms with Crippen molar-refractivity contribution in [3.63, 3.8) is 0 Å². The summed E-state index contributed by atoms with van der Waals surface area (Å²) in [7, 11) is 3.88. The Morgan fingerprint density at radius 1 is 1.43 bits per heavy atom. The molecule has 0 aliphatic carbocycles. The van der Waals surface area contributed by atoms with Crippen molar-refractivity contribution >= 4 is 23.3 Å². The lowest BCUT2D eigenvalue weighted by molar-refractivity contribution is -0.0284. The summed E-state index contributed by atoms with van der Waals surface area (Å²) >= 11 is 5.90. The molecule has 0 spiro atoms. The normalized spacial score (nSPS) is 17.9. The summed E-state index contributed by atoms with van der Waals surface area (Å²) in [6.07, 6.45) is 1.18. The highest BCUT2D eigenvalue weighted by molar-refractivity contribution is 6.30. The minimum atomic E-state index is -0.698. The Hall–Kier alpha value is -1.30. The number of carbonyl (C=O) groups is 1. The summed E-state index contributed by atoms with van der Waals surface area (Å²) < 4.78 is 0. The molecule has 2 rings (SSSR count). The minimum Gasteiger partial charge on any atom is -0.388 e. The number of aliphatic hydroxyl groups is 1. The van der Waals surface area contributed by atoms with Crippen molar-refractivity contribution in [1.29, 1.82) is 0 Å². The summed E-state index contributed by atoms with van der Waals surface area (Å²) in [5.41, 5.74) is -0.0160. The van der Waals surface area contributed by atoms with E-state index in [4.69, 9.17) is 11.6 Å². The van der Waals surface area contributed by atoms with Gasteiger partial charge in [0.1, 0.15) is 0 Å². The molecular weight excluding hydrogens is 290 g/mol. The maximum atomic E-state index is 12.2. The zero-order valence-electron chi connectivity index (χ0n) is 12.5. The van der Waals surface area contributed by atoms with Crippen LogP contribution in [0.2, 0.25) is 5.02 Å². The maximum absolute atomic E-state index is 12.2. The molecule has 0 saturated carbocycles. The molecule has 1 aliphatic heterocycles. The predicted octanol–water partition coefficient (Wildman–Crippen LogP) is 2.26. The molecule has 1 aromatic rings. The number of nitrogens with zero attached hydrogens (tertiary/aromatic N) is 2. The second-order valence-corrected chi connectivity index (χ2v) is 6.33. The number of benzene rings is 1. The van der Waals surface area contributed by atoms with Crippen molar-refractivity contribution < 1.29 is 9.90 Å². The summed E-state index contributed by atoms with van der Waals surface area (Å²) in [6.45, 7) is 1.73. The molecule has 1 fully saturated rings. The third-order valence-electron chi connectivity index (χ3n) is 3.67. The first-order valence-corrected chi connectivity index (χ1v) is 7.44. The largest absolute Gasteiger partial charge is 0.388 e. The number of hydrogen-bond acceptors (Lipinski definition) is 3. The molecule has 6 heteroatoms. The van der Waals surface area contributed by atoms with Gasteiger partial charge >= 0.3 is 6.03 Å². The summed E-state index contributed by atoms with van der Waals surface area (Å²) in [5.74, 6) is 0. The highest BCUT2D eigenvalue weighted by atomic mass is 35.5. The monoisotopic (exact) mass is 311 g/mol. The van der Waals surface area contributed by atoms with Crippen LogP contribution in [-0.4, -0.2) is 60.3 Å². The van der Waals surface area contributed by atoms with E-state index in [1.54, 1.807) is 29.2 Å².